The molecule has 1 aromatic rings. The van der Waals surface area contributed by atoms with Gasteiger partial charge in [-0.25, -0.2) is 0 Å². The van der Waals surface area contributed by atoms with E-state index in [0.717, 1.165) is 37.1 Å². The number of fused-ring (bicyclic) bond motifs is 2. The molecule has 0 saturated carbocycles. The Bertz CT molecular complexity index is 857. The van der Waals surface area contributed by atoms with Crippen molar-refractivity contribution >= 4 is 5.78 Å². The predicted molar refractivity (Wildman–Crippen MR) is 113 cm³/mol. The van der Waals surface area contributed by atoms with Crippen LogP contribution in [0.25, 0.3) is 0 Å². The summed E-state index contributed by atoms with van der Waals surface area (Å²) in [5, 5.41) is 0. The Morgan fingerprint density at radius 2 is 2.21 bits per heavy atom. The van der Waals surface area contributed by atoms with E-state index in [4.69, 9.17) is 14.2 Å². The highest BCUT2D eigenvalue weighted by atomic mass is 16.7. The maximum absolute atomic E-state index is 12.9. The SMILES string of the molecule is COc1c2c(cc3c1[C@@H](CC(=O)/C=C/[C@H]1CC=C(C)C[C@@H]1C)N(C)CC3)OCO2. The van der Waals surface area contributed by atoms with E-state index in [1.54, 1.807) is 13.2 Å². The normalized spacial score (nSPS) is 26.3. The fourth-order valence-corrected chi connectivity index (χ4v) is 4.85. The first-order valence-corrected chi connectivity index (χ1v) is 10.5. The highest BCUT2D eigenvalue weighted by Crippen LogP contribution is 2.50. The van der Waals surface area contributed by atoms with Crippen LogP contribution in [0.2, 0.25) is 0 Å². The molecule has 0 amide bonds. The van der Waals surface area contributed by atoms with Gasteiger partial charge in [0.05, 0.1) is 7.11 Å². The van der Waals surface area contributed by atoms with E-state index in [1.165, 1.54) is 11.1 Å². The fourth-order valence-electron chi connectivity index (χ4n) is 4.85. The summed E-state index contributed by atoms with van der Waals surface area (Å²) in [5.41, 5.74) is 3.71. The van der Waals surface area contributed by atoms with Crippen LogP contribution in [0.4, 0.5) is 0 Å². The highest BCUT2D eigenvalue weighted by molar-refractivity contribution is 5.90. The first kappa shape index (κ1) is 20.0. The predicted octanol–water partition coefficient (Wildman–Crippen LogP) is 4.46. The monoisotopic (exact) mass is 397 g/mol. The number of carbonyl (C=O) groups is 1. The van der Waals surface area contributed by atoms with Crippen molar-refractivity contribution in [1.82, 2.24) is 4.90 Å². The zero-order valence-electron chi connectivity index (χ0n) is 17.9. The first-order valence-electron chi connectivity index (χ1n) is 10.5. The maximum Gasteiger partial charge on any atom is 0.231 e. The van der Waals surface area contributed by atoms with Gasteiger partial charge in [-0.1, -0.05) is 24.6 Å². The summed E-state index contributed by atoms with van der Waals surface area (Å²) in [4.78, 5) is 15.1. The average Bonchev–Trinajstić information content (AvgIpc) is 3.16. The van der Waals surface area contributed by atoms with Gasteiger partial charge in [0.25, 0.3) is 0 Å². The van der Waals surface area contributed by atoms with E-state index >= 15 is 0 Å². The summed E-state index contributed by atoms with van der Waals surface area (Å²) in [6, 6.07) is 2.03. The number of hydrogen-bond acceptors (Lipinski definition) is 5. The van der Waals surface area contributed by atoms with Crippen LogP contribution in [0, 0.1) is 11.8 Å². The first-order chi connectivity index (χ1) is 14.0. The summed E-state index contributed by atoms with van der Waals surface area (Å²) in [6.45, 7) is 5.58. The molecule has 0 spiro atoms. The van der Waals surface area contributed by atoms with Gasteiger partial charge < -0.3 is 14.2 Å². The second-order valence-corrected chi connectivity index (χ2v) is 8.62. The molecule has 156 valence electrons. The van der Waals surface area contributed by atoms with Crippen molar-refractivity contribution in [3.05, 3.63) is 41.0 Å². The second kappa shape index (κ2) is 8.23. The van der Waals surface area contributed by atoms with Crippen LogP contribution < -0.4 is 14.2 Å². The van der Waals surface area contributed by atoms with Crippen molar-refractivity contribution in [1.29, 1.82) is 0 Å². The number of allylic oxidation sites excluding steroid dienone is 4. The molecule has 0 saturated heterocycles. The van der Waals surface area contributed by atoms with Gasteiger partial charge in [0.1, 0.15) is 0 Å². The molecular formula is C24H31NO4. The lowest BCUT2D eigenvalue weighted by molar-refractivity contribution is -0.115. The molecule has 0 fully saturated rings. The highest BCUT2D eigenvalue weighted by Gasteiger charge is 2.34. The summed E-state index contributed by atoms with van der Waals surface area (Å²) in [5.74, 6) is 3.31. The fraction of sp³-hybridized carbons (Fsp3) is 0.542. The van der Waals surface area contributed by atoms with Gasteiger partial charge in [-0.3, -0.25) is 9.69 Å². The van der Waals surface area contributed by atoms with Crippen molar-refractivity contribution in [3.63, 3.8) is 0 Å². The topological polar surface area (TPSA) is 48.0 Å². The minimum absolute atomic E-state index is 0.0220. The third-order valence-corrected chi connectivity index (χ3v) is 6.58. The number of hydrogen-bond donors (Lipinski definition) is 0. The number of ketones is 1. The Balaban J connectivity index is 1.55. The quantitative estimate of drug-likeness (QED) is 0.542. The van der Waals surface area contributed by atoms with E-state index in [0.29, 0.717) is 29.8 Å². The van der Waals surface area contributed by atoms with Gasteiger partial charge in [0.2, 0.25) is 12.5 Å². The number of benzene rings is 1. The number of nitrogens with zero attached hydrogens (tertiary/aromatic N) is 1. The van der Waals surface area contributed by atoms with E-state index < -0.39 is 0 Å². The Hall–Kier alpha value is -2.27. The van der Waals surface area contributed by atoms with Crippen molar-refractivity contribution in [2.75, 3.05) is 27.5 Å². The van der Waals surface area contributed by atoms with Crippen LogP contribution in [0.1, 0.15) is 50.3 Å². The van der Waals surface area contributed by atoms with Crippen molar-refractivity contribution < 1.29 is 19.0 Å². The molecule has 1 aromatic carbocycles. The Morgan fingerprint density at radius 1 is 1.38 bits per heavy atom. The molecule has 0 unspecified atom stereocenters. The number of rotatable bonds is 5. The number of ether oxygens (including phenoxy) is 3. The van der Waals surface area contributed by atoms with Gasteiger partial charge in [-0.05, 0) is 62.8 Å². The summed E-state index contributed by atoms with van der Waals surface area (Å²) in [6.07, 6.45) is 9.72. The smallest absolute Gasteiger partial charge is 0.231 e. The summed E-state index contributed by atoms with van der Waals surface area (Å²) in [7, 11) is 3.73. The molecule has 2 heterocycles. The molecular weight excluding hydrogens is 366 g/mol. The lowest BCUT2D eigenvalue weighted by Gasteiger charge is -2.35. The number of methoxy groups -OCH3 is 1. The Kier molecular flexibility index (Phi) is 5.68. The lowest BCUT2D eigenvalue weighted by atomic mass is 9.81. The average molecular weight is 398 g/mol. The van der Waals surface area contributed by atoms with Gasteiger partial charge in [-0.2, -0.15) is 0 Å². The van der Waals surface area contributed by atoms with E-state index in [1.807, 2.05) is 0 Å². The van der Waals surface area contributed by atoms with E-state index in [9.17, 15) is 4.79 Å². The van der Waals surface area contributed by atoms with Gasteiger partial charge in [-0.15, -0.1) is 0 Å². The lowest BCUT2D eigenvalue weighted by Crippen LogP contribution is -2.33. The van der Waals surface area contributed by atoms with Crippen LogP contribution in [0.15, 0.2) is 29.9 Å². The molecule has 0 bridgehead atoms. The standard InChI is InChI=1S/C24H31NO4/c1-15-5-6-17(16(2)11-15)7-8-19(26)13-20-22-18(9-10-25(20)3)12-21-23(24(22)27-4)29-14-28-21/h5,7-8,12,16-17,20H,6,9-11,13-14H2,1-4H3/b8-7+/t16-,17+,20+/m0/s1. The van der Waals surface area contributed by atoms with Crippen LogP contribution in [0.3, 0.4) is 0 Å². The molecule has 5 heteroatoms. The molecule has 0 N–H and O–H groups in total. The van der Waals surface area contributed by atoms with Crippen LogP contribution in [0.5, 0.6) is 17.2 Å². The van der Waals surface area contributed by atoms with Gasteiger partial charge in [0.15, 0.2) is 17.3 Å². The third kappa shape index (κ3) is 3.93. The minimum Gasteiger partial charge on any atom is -0.492 e. The molecule has 3 atom stereocenters. The zero-order valence-corrected chi connectivity index (χ0v) is 17.9. The second-order valence-electron chi connectivity index (χ2n) is 8.62. The van der Waals surface area contributed by atoms with Crippen LogP contribution >= 0.6 is 0 Å². The van der Waals surface area contributed by atoms with Crippen LogP contribution in [-0.4, -0.2) is 38.2 Å². The number of carbonyl (C=O) groups excluding carboxylic acids is 1. The zero-order chi connectivity index (χ0) is 20.5. The van der Waals surface area contributed by atoms with Gasteiger partial charge >= 0.3 is 0 Å². The molecule has 0 radical (unpaired) electrons. The van der Waals surface area contributed by atoms with Crippen molar-refractivity contribution in [3.8, 4) is 17.2 Å². The Morgan fingerprint density at radius 3 is 2.97 bits per heavy atom. The van der Waals surface area contributed by atoms with E-state index in [-0.39, 0.29) is 18.6 Å². The molecule has 0 aromatic heterocycles. The molecule has 5 nitrogen and oxygen atoms in total. The maximum atomic E-state index is 12.9. The summed E-state index contributed by atoms with van der Waals surface area (Å²) < 4.78 is 17.0. The van der Waals surface area contributed by atoms with Crippen LogP contribution in [-0.2, 0) is 11.2 Å². The molecule has 3 aliphatic rings. The molecule has 4 rings (SSSR count). The van der Waals surface area contributed by atoms with Crippen molar-refractivity contribution in [2.45, 2.75) is 45.6 Å². The number of likely N-dealkylation sites (N-methyl/N-ethyl adjacent to an activating group) is 1. The Labute approximate surface area is 173 Å². The van der Waals surface area contributed by atoms with E-state index in [2.05, 4.69) is 44.0 Å². The largest absolute Gasteiger partial charge is 0.492 e. The van der Waals surface area contributed by atoms with Gasteiger partial charge in [0, 0.05) is 24.6 Å². The molecule has 1 aliphatic carbocycles. The van der Waals surface area contributed by atoms with Crippen molar-refractivity contribution in [2.24, 2.45) is 11.8 Å². The summed E-state index contributed by atoms with van der Waals surface area (Å²) >= 11 is 0. The minimum atomic E-state index is -0.0220. The molecule has 2 aliphatic heterocycles. The molecule has 29 heavy (non-hydrogen) atoms. The third-order valence-electron chi connectivity index (χ3n) is 6.58.